The number of hydrogen-bond acceptors (Lipinski definition) is 1. The topological polar surface area (TPSA) is 12.0 Å². The van der Waals surface area contributed by atoms with Gasteiger partial charge >= 0.3 is 6.18 Å². The summed E-state index contributed by atoms with van der Waals surface area (Å²) in [5.41, 5.74) is 0.102. The number of halogens is 5. The van der Waals surface area contributed by atoms with Gasteiger partial charge in [-0.3, -0.25) is 0 Å². The Morgan fingerprint density at radius 2 is 2.00 bits per heavy atom. The van der Waals surface area contributed by atoms with E-state index in [1.165, 1.54) is 18.2 Å². The van der Waals surface area contributed by atoms with Crippen molar-refractivity contribution in [3.63, 3.8) is 0 Å². The van der Waals surface area contributed by atoms with Crippen LogP contribution in [0.25, 0.3) is 0 Å². The first kappa shape index (κ1) is 15.2. The minimum atomic E-state index is -4.26. The zero-order chi connectivity index (χ0) is 13.8. The first-order valence-corrected chi connectivity index (χ1v) is 5.97. The second-order valence-electron chi connectivity index (χ2n) is 3.90. The second-order valence-corrected chi connectivity index (χ2v) is 4.31. The van der Waals surface area contributed by atoms with Crippen LogP contribution in [-0.4, -0.2) is 12.7 Å². The highest BCUT2D eigenvalue weighted by Crippen LogP contribution is 2.32. The predicted octanol–water partition coefficient (Wildman–Crippen LogP) is 4.47. The van der Waals surface area contributed by atoms with E-state index in [2.05, 4.69) is 5.32 Å². The lowest BCUT2D eigenvalue weighted by Gasteiger charge is -2.20. The number of alkyl halides is 3. The Kier molecular flexibility index (Phi) is 5.41. The summed E-state index contributed by atoms with van der Waals surface area (Å²) in [7, 11) is 0. The zero-order valence-corrected chi connectivity index (χ0v) is 10.6. The lowest BCUT2D eigenvalue weighted by atomic mass is 10.0. The van der Waals surface area contributed by atoms with E-state index in [0.29, 0.717) is 6.54 Å². The van der Waals surface area contributed by atoms with Crippen LogP contribution in [-0.2, 0) is 0 Å². The molecule has 1 atom stereocenters. The molecule has 6 heteroatoms. The van der Waals surface area contributed by atoms with Gasteiger partial charge in [-0.25, -0.2) is 4.39 Å². The molecule has 0 aliphatic rings. The van der Waals surface area contributed by atoms with E-state index in [-0.39, 0.29) is 17.0 Å². The Labute approximate surface area is 108 Å². The van der Waals surface area contributed by atoms with Crippen molar-refractivity contribution >= 4 is 11.6 Å². The van der Waals surface area contributed by atoms with Crippen LogP contribution in [0.15, 0.2) is 18.2 Å². The number of benzene rings is 1. The Morgan fingerprint density at radius 1 is 1.33 bits per heavy atom. The van der Waals surface area contributed by atoms with Gasteiger partial charge < -0.3 is 5.32 Å². The highest BCUT2D eigenvalue weighted by Gasteiger charge is 2.29. The van der Waals surface area contributed by atoms with Crippen LogP contribution in [0.4, 0.5) is 17.6 Å². The maximum atomic E-state index is 13.6. The molecule has 0 spiro atoms. The first-order chi connectivity index (χ1) is 8.35. The quantitative estimate of drug-likeness (QED) is 0.786. The van der Waals surface area contributed by atoms with Crippen molar-refractivity contribution in [2.45, 2.75) is 32.0 Å². The normalized spacial score (nSPS) is 13.7. The van der Waals surface area contributed by atoms with Crippen LogP contribution in [0.1, 0.15) is 31.4 Å². The van der Waals surface area contributed by atoms with Crippen molar-refractivity contribution in [3.8, 4) is 0 Å². The Morgan fingerprint density at radius 3 is 2.50 bits per heavy atom. The van der Waals surface area contributed by atoms with E-state index >= 15 is 0 Å². The van der Waals surface area contributed by atoms with Crippen LogP contribution in [0, 0.1) is 5.82 Å². The molecule has 0 aliphatic carbocycles. The summed E-state index contributed by atoms with van der Waals surface area (Å²) in [4.78, 5) is 0. The van der Waals surface area contributed by atoms with Gasteiger partial charge in [0.15, 0.2) is 0 Å². The molecular formula is C12H14ClF4N. The van der Waals surface area contributed by atoms with E-state index < -0.39 is 24.5 Å². The molecule has 0 saturated heterocycles. The van der Waals surface area contributed by atoms with Gasteiger partial charge in [0, 0.05) is 23.0 Å². The van der Waals surface area contributed by atoms with Gasteiger partial charge in [0.05, 0.1) is 0 Å². The molecule has 102 valence electrons. The van der Waals surface area contributed by atoms with Crippen molar-refractivity contribution in [2.24, 2.45) is 0 Å². The Balaban J connectivity index is 2.90. The molecule has 1 unspecified atom stereocenters. The van der Waals surface area contributed by atoms with E-state index in [9.17, 15) is 17.6 Å². The summed E-state index contributed by atoms with van der Waals surface area (Å²) >= 11 is 5.85. The van der Waals surface area contributed by atoms with E-state index in [1.807, 2.05) is 0 Å². The minimum absolute atomic E-state index is 0.102. The third kappa shape index (κ3) is 4.46. The van der Waals surface area contributed by atoms with Gasteiger partial charge in [-0.2, -0.15) is 13.2 Å². The van der Waals surface area contributed by atoms with Crippen molar-refractivity contribution in [2.75, 3.05) is 6.54 Å². The highest BCUT2D eigenvalue weighted by atomic mass is 35.5. The maximum Gasteiger partial charge on any atom is 0.389 e. The lowest BCUT2D eigenvalue weighted by Crippen LogP contribution is -2.24. The minimum Gasteiger partial charge on any atom is -0.310 e. The second kappa shape index (κ2) is 6.38. The first-order valence-electron chi connectivity index (χ1n) is 5.59. The number of hydrogen-bond donors (Lipinski definition) is 1. The molecule has 1 aromatic carbocycles. The van der Waals surface area contributed by atoms with E-state index in [4.69, 9.17) is 11.6 Å². The highest BCUT2D eigenvalue weighted by molar-refractivity contribution is 6.31. The Hall–Kier alpha value is -0.810. The van der Waals surface area contributed by atoms with Gasteiger partial charge in [-0.1, -0.05) is 24.6 Å². The van der Waals surface area contributed by atoms with Crippen molar-refractivity contribution in [1.82, 2.24) is 5.32 Å². The molecule has 1 aromatic rings. The average Bonchev–Trinajstić information content (AvgIpc) is 2.24. The molecule has 1 N–H and O–H groups in total. The summed E-state index contributed by atoms with van der Waals surface area (Å²) in [6, 6.07) is 3.36. The van der Waals surface area contributed by atoms with Gasteiger partial charge in [0.1, 0.15) is 5.82 Å². The summed E-state index contributed by atoms with van der Waals surface area (Å²) in [6.07, 6.45) is -5.47. The monoisotopic (exact) mass is 283 g/mol. The van der Waals surface area contributed by atoms with Crippen LogP contribution >= 0.6 is 11.6 Å². The largest absolute Gasteiger partial charge is 0.389 e. The maximum absolute atomic E-state index is 13.6. The fraction of sp³-hybridized carbons (Fsp3) is 0.500. The van der Waals surface area contributed by atoms with Crippen LogP contribution in [0.2, 0.25) is 5.02 Å². The lowest BCUT2D eigenvalue weighted by molar-refractivity contribution is -0.136. The van der Waals surface area contributed by atoms with Crippen LogP contribution < -0.4 is 5.32 Å². The molecule has 0 heterocycles. The van der Waals surface area contributed by atoms with Crippen molar-refractivity contribution in [1.29, 1.82) is 0 Å². The third-order valence-electron chi connectivity index (χ3n) is 2.52. The van der Waals surface area contributed by atoms with Crippen molar-refractivity contribution in [3.05, 3.63) is 34.6 Å². The van der Waals surface area contributed by atoms with Crippen LogP contribution in [0.5, 0.6) is 0 Å². The molecule has 0 amide bonds. The molecule has 0 radical (unpaired) electrons. The predicted molar refractivity (Wildman–Crippen MR) is 63.1 cm³/mol. The standard InChI is InChI=1S/C12H14ClF4N/c1-2-18-10(6-7-12(15,16)17)11-8(13)4-3-5-9(11)14/h3-5,10,18H,2,6-7H2,1H3. The molecule has 18 heavy (non-hydrogen) atoms. The zero-order valence-electron chi connectivity index (χ0n) is 9.82. The summed E-state index contributed by atoms with van der Waals surface area (Å²) < 4.78 is 50.3. The summed E-state index contributed by atoms with van der Waals surface area (Å²) in [6.45, 7) is 2.18. The smallest absolute Gasteiger partial charge is 0.310 e. The average molecular weight is 284 g/mol. The van der Waals surface area contributed by atoms with Crippen molar-refractivity contribution < 1.29 is 17.6 Å². The fourth-order valence-corrected chi connectivity index (χ4v) is 2.04. The summed E-state index contributed by atoms with van der Waals surface area (Å²) in [5.74, 6) is -0.587. The number of rotatable bonds is 5. The SMILES string of the molecule is CCNC(CCC(F)(F)F)c1c(F)cccc1Cl. The molecular weight excluding hydrogens is 270 g/mol. The van der Waals surface area contributed by atoms with Gasteiger partial charge in [-0.05, 0) is 25.1 Å². The molecule has 0 aromatic heterocycles. The molecule has 1 nitrogen and oxygen atoms in total. The molecule has 0 aliphatic heterocycles. The third-order valence-corrected chi connectivity index (χ3v) is 2.84. The fourth-order valence-electron chi connectivity index (χ4n) is 1.75. The Bertz CT molecular complexity index is 372. The molecule has 0 saturated carbocycles. The number of nitrogens with one attached hydrogen (secondary N) is 1. The summed E-state index contributed by atoms with van der Waals surface area (Å²) in [5, 5.41) is 2.97. The van der Waals surface area contributed by atoms with Crippen LogP contribution in [0.3, 0.4) is 0 Å². The van der Waals surface area contributed by atoms with Gasteiger partial charge in [-0.15, -0.1) is 0 Å². The molecule has 0 bridgehead atoms. The molecule has 1 rings (SSSR count). The van der Waals surface area contributed by atoms with Gasteiger partial charge in [0.25, 0.3) is 0 Å². The van der Waals surface area contributed by atoms with E-state index in [0.717, 1.165) is 0 Å². The van der Waals surface area contributed by atoms with Gasteiger partial charge in [0.2, 0.25) is 0 Å². The molecule has 0 fully saturated rings. The van der Waals surface area contributed by atoms with E-state index in [1.54, 1.807) is 6.92 Å².